The molecule has 0 radical (unpaired) electrons. The molecule has 0 fully saturated rings. The zero-order valence-corrected chi connectivity index (χ0v) is 11.1. The molecule has 0 aliphatic carbocycles. The SMILES string of the molecule is COCCN(CCC(=O)O)Cc1c(C)noc1C. The minimum Gasteiger partial charge on any atom is -0.481 e. The summed E-state index contributed by atoms with van der Waals surface area (Å²) in [6, 6.07) is 0. The number of nitrogens with zero attached hydrogens (tertiary/aromatic N) is 2. The van der Waals surface area contributed by atoms with Crippen LogP contribution in [-0.2, 0) is 16.1 Å². The maximum absolute atomic E-state index is 10.6. The molecule has 0 saturated heterocycles. The molecule has 1 heterocycles. The Hall–Kier alpha value is -1.40. The van der Waals surface area contributed by atoms with Gasteiger partial charge in [0.25, 0.3) is 0 Å². The third kappa shape index (κ3) is 4.46. The predicted molar refractivity (Wildman–Crippen MR) is 65.4 cm³/mol. The molecule has 6 heteroatoms. The van der Waals surface area contributed by atoms with Gasteiger partial charge in [0.1, 0.15) is 5.76 Å². The van der Waals surface area contributed by atoms with Crippen molar-refractivity contribution in [1.82, 2.24) is 10.1 Å². The Morgan fingerprint density at radius 2 is 2.17 bits per heavy atom. The smallest absolute Gasteiger partial charge is 0.304 e. The van der Waals surface area contributed by atoms with Crippen molar-refractivity contribution in [3.8, 4) is 0 Å². The molecule has 1 aromatic heterocycles. The number of methoxy groups -OCH3 is 1. The van der Waals surface area contributed by atoms with Gasteiger partial charge in [0.05, 0.1) is 18.7 Å². The van der Waals surface area contributed by atoms with Crippen LogP contribution in [0, 0.1) is 13.8 Å². The zero-order chi connectivity index (χ0) is 13.5. The maximum Gasteiger partial charge on any atom is 0.304 e. The fourth-order valence-electron chi connectivity index (χ4n) is 1.70. The topological polar surface area (TPSA) is 75.8 Å². The fraction of sp³-hybridized carbons (Fsp3) is 0.667. The third-order valence-electron chi connectivity index (χ3n) is 2.82. The number of aromatic nitrogens is 1. The van der Waals surface area contributed by atoms with Crippen molar-refractivity contribution in [2.45, 2.75) is 26.8 Å². The van der Waals surface area contributed by atoms with Crippen molar-refractivity contribution in [1.29, 1.82) is 0 Å². The highest BCUT2D eigenvalue weighted by atomic mass is 16.5. The first-order valence-electron chi connectivity index (χ1n) is 5.89. The molecule has 0 aliphatic rings. The summed E-state index contributed by atoms with van der Waals surface area (Å²) < 4.78 is 10.1. The highest BCUT2D eigenvalue weighted by Gasteiger charge is 2.14. The standard InChI is InChI=1S/C12H20N2O4/c1-9-11(10(2)18-13-9)8-14(6-7-17-3)5-4-12(15)16/h4-8H2,1-3H3,(H,15,16). The monoisotopic (exact) mass is 256 g/mol. The summed E-state index contributed by atoms with van der Waals surface area (Å²) in [5, 5.41) is 12.6. The number of aryl methyl sites for hydroxylation is 2. The molecule has 0 atom stereocenters. The molecular weight excluding hydrogens is 236 g/mol. The largest absolute Gasteiger partial charge is 0.481 e. The quantitative estimate of drug-likeness (QED) is 0.753. The second-order valence-electron chi connectivity index (χ2n) is 4.22. The summed E-state index contributed by atoms with van der Waals surface area (Å²) in [5.74, 6) is -0.0126. The Morgan fingerprint density at radius 3 is 2.67 bits per heavy atom. The predicted octanol–water partition coefficient (Wildman–Crippen LogP) is 1.21. The van der Waals surface area contributed by atoms with Crippen molar-refractivity contribution in [2.24, 2.45) is 0 Å². The van der Waals surface area contributed by atoms with Crippen LogP contribution in [0.15, 0.2) is 4.52 Å². The molecule has 0 unspecified atom stereocenters. The number of carboxylic acids is 1. The van der Waals surface area contributed by atoms with Crippen LogP contribution in [-0.4, -0.2) is 47.9 Å². The highest BCUT2D eigenvalue weighted by Crippen LogP contribution is 2.15. The van der Waals surface area contributed by atoms with Gasteiger partial charge in [-0.2, -0.15) is 0 Å². The molecule has 0 aliphatic heterocycles. The Labute approximate surface area is 107 Å². The Balaban J connectivity index is 2.62. The van der Waals surface area contributed by atoms with Crippen LogP contribution >= 0.6 is 0 Å². The van der Waals surface area contributed by atoms with E-state index >= 15 is 0 Å². The lowest BCUT2D eigenvalue weighted by Crippen LogP contribution is -2.29. The maximum atomic E-state index is 10.6. The number of hydrogen-bond acceptors (Lipinski definition) is 5. The summed E-state index contributed by atoms with van der Waals surface area (Å²) in [7, 11) is 1.63. The van der Waals surface area contributed by atoms with Crippen LogP contribution in [0.25, 0.3) is 0 Å². The van der Waals surface area contributed by atoms with E-state index in [1.54, 1.807) is 7.11 Å². The van der Waals surface area contributed by atoms with E-state index in [0.29, 0.717) is 26.2 Å². The number of ether oxygens (including phenoxy) is 1. The van der Waals surface area contributed by atoms with Gasteiger partial charge in [0, 0.05) is 32.3 Å². The van der Waals surface area contributed by atoms with Gasteiger partial charge >= 0.3 is 5.97 Å². The molecule has 1 rings (SSSR count). The van der Waals surface area contributed by atoms with Gasteiger partial charge in [-0.25, -0.2) is 0 Å². The van der Waals surface area contributed by atoms with Crippen LogP contribution in [0.4, 0.5) is 0 Å². The summed E-state index contributed by atoms with van der Waals surface area (Å²) in [6.07, 6.45) is 0.118. The van der Waals surface area contributed by atoms with E-state index in [9.17, 15) is 4.79 Å². The number of carbonyl (C=O) groups is 1. The second kappa shape index (κ2) is 7.13. The molecule has 0 spiro atoms. The lowest BCUT2D eigenvalue weighted by atomic mass is 10.2. The second-order valence-corrected chi connectivity index (χ2v) is 4.22. The Morgan fingerprint density at radius 1 is 1.44 bits per heavy atom. The van der Waals surface area contributed by atoms with E-state index in [1.807, 2.05) is 18.7 Å². The molecule has 0 amide bonds. The molecule has 1 N–H and O–H groups in total. The average Bonchev–Trinajstić information content (AvgIpc) is 2.63. The van der Waals surface area contributed by atoms with Gasteiger partial charge in [-0.1, -0.05) is 5.16 Å². The van der Waals surface area contributed by atoms with Crippen molar-refractivity contribution in [3.05, 3.63) is 17.0 Å². The van der Waals surface area contributed by atoms with Crippen molar-refractivity contribution >= 4 is 5.97 Å². The van der Waals surface area contributed by atoms with Gasteiger partial charge in [-0.3, -0.25) is 9.69 Å². The summed E-state index contributed by atoms with van der Waals surface area (Å²) in [6.45, 7) is 6.13. The first-order chi connectivity index (χ1) is 8.54. The number of carboxylic acid groups (broad SMARTS) is 1. The van der Waals surface area contributed by atoms with Crippen molar-refractivity contribution in [2.75, 3.05) is 26.8 Å². The molecule has 6 nitrogen and oxygen atoms in total. The minimum atomic E-state index is -0.795. The van der Waals surface area contributed by atoms with Crippen LogP contribution in [0.2, 0.25) is 0 Å². The Bertz CT molecular complexity index is 370. The fourth-order valence-corrected chi connectivity index (χ4v) is 1.70. The molecule has 102 valence electrons. The minimum absolute atomic E-state index is 0.118. The summed E-state index contributed by atoms with van der Waals surface area (Å²) >= 11 is 0. The van der Waals surface area contributed by atoms with Crippen LogP contribution < -0.4 is 0 Å². The van der Waals surface area contributed by atoms with Gasteiger partial charge in [-0.05, 0) is 13.8 Å². The van der Waals surface area contributed by atoms with Gasteiger partial charge in [-0.15, -0.1) is 0 Å². The normalized spacial score (nSPS) is 11.1. The lowest BCUT2D eigenvalue weighted by Gasteiger charge is -2.20. The van der Waals surface area contributed by atoms with E-state index < -0.39 is 5.97 Å². The zero-order valence-electron chi connectivity index (χ0n) is 11.1. The van der Waals surface area contributed by atoms with Crippen LogP contribution in [0.5, 0.6) is 0 Å². The highest BCUT2D eigenvalue weighted by molar-refractivity contribution is 5.66. The summed E-state index contributed by atoms with van der Waals surface area (Å²) in [5.41, 5.74) is 1.88. The summed E-state index contributed by atoms with van der Waals surface area (Å²) in [4.78, 5) is 12.7. The lowest BCUT2D eigenvalue weighted by molar-refractivity contribution is -0.137. The van der Waals surface area contributed by atoms with Gasteiger partial charge in [0.15, 0.2) is 0 Å². The molecule has 18 heavy (non-hydrogen) atoms. The van der Waals surface area contributed by atoms with Crippen LogP contribution in [0.3, 0.4) is 0 Å². The van der Waals surface area contributed by atoms with Crippen molar-refractivity contribution in [3.63, 3.8) is 0 Å². The first-order valence-corrected chi connectivity index (χ1v) is 5.89. The average molecular weight is 256 g/mol. The van der Waals surface area contributed by atoms with Crippen molar-refractivity contribution < 1.29 is 19.2 Å². The molecule has 0 aromatic carbocycles. The Kier molecular flexibility index (Phi) is 5.80. The molecule has 1 aromatic rings. The number of rotatable bonds is 8. The van der Waals surface area contributed by atoms with Crippen LogP contribution in [0.1, 0.15) is 23.4 Å². The molecule has 0 bridgehead atoms. The van der Waals surface area contributed by atoms with Gasteiger partial charge < -0.3 is 14.4 Å². The molecule has 0 saturated carbocycles. The number of aliphatic carboxylic acids is 1. The van der Waals surface area contributed by atoms with E-state index in [2.05, 4.69) is 5.16 Å². The van der Waals surface area contributed by atoms with E-state index in [-0.39, 0.29) is 6.42 Å². The van der Waals surface area contributed by atoms with E-state index in [4.69, 9.17) is 14.4 Å². The van der Waals surface area contributed by atoms with E-state index in [1.165, 1.54) is 0 Å². The third-order valence-corrected chi connectivity index (χ3v) is 2.82. The van der Waals surface area contributed by atoms with Gasteiger partial charge in [0.2, 0.25) is 0 Å². The first kappa shape index (κ1) is 14.7. The molecular formula is C12H20N2O4. The number of hydrogen-bond donors (Lipinski definition) is 1. The van der Waals surface area contributed by atoms with E-state index in [0.717, 1.165) is 17.0 Å².